The average molecular weight is 267 g/mol. The molecule has 9 heteroatoms. The number of pyridine rings is 1. The molecule has 1 saturated heterocycles. The topological polar surface area (TPSA) is 117 Å². The molecule has 19 heavy (non-hydrogen) atoms. The highest BCUT2D eigenvalue weighted by Gasteiger charge is 2.29. The summed E-state index contributed by atoms with van der Waals surface area (Å²) in [7, 11) is 0. The van der Waals surface area contributed by atoms with Gasteiger partial charge in [0, 0.05) is 6.20 Å². The standard InChI is InChI=1S/C10H10FN5O3/c11-8-5(1-2-13-9(8)15-12)10(19)16-3-6(17)14-7(18)4-16/h1-2H,3-4,12H2,(H,13,15)(H,14,17,18). The van der Waals surface area contributed by atoms with E-state index in [9.17, 15) is 18.8 Å². The Hall–Kier alpha value is -2.55. The molecule has 0 aliphatic carbocycles. The third-order valence-corrected chi connectivity index (χ3v) is 2.49. The summed E-state index contributed by atoms with van der Waals surface area (Å²) < 4.78 is 13.8. The summed E-state index contributed by atoms with van der Waals surface area (Å²) >= 11 is 0. The number of anilines is 1. The van der Waals surface area contributed by atoms with Gasteiger partial charge in [0.2, 0.25) is 11.8 Å². The van der Waals surface area contributed by atoms with Crippen LogP contribution in [0.15, 0.2) is 12.3 Å². The minimum Gasteiger partial charge on any atom is -0.320 e. The van der Waals surface area contributed by atoms with Crippen molar-refractivity contribution in [2.75, 3.05) is 18.5 Å². The summed E-state index contributed by atoms with van der Waals surface area (Å²) in [6.45, 7) is -0.616. The van der Waals surface area contributed by atoms with Crippen molar-refractivity contribution in [3.8, 4) is 0 Å². The monoisotopic (exact) mass is 267 g/mol. The van der Waals surface area contributed by atoms with Gasteiger partial charge < -0.3 is 10.3 Å². The van der Waals surface area contributed by atoms with Crippen LogP contribution in [0.3, 0.4) is 0 Å². The Morgan fingerprint density at radius 1 is 1.42 bits per heavy atom. The lowest BCUT2D eigenvalue weighted by Crippen LogP contribution is -2.53. The number of nitrogens with one attached hydrogen (secondary N) is 2. The van der Waals surface area contributed by atoms with E-state index in [4.69, 9.17) is 5.84 Å². The number of nitrogen functional groups attached to an aromatic ring is 1. The van der Waals surface area contributed by atoms with Gasteiger partial charge in [-0.15, -0.1) is 0 Å². The molecule has 100 valence electrons. The molecule has 2 rings (SSSR count). The molecular weight excluding hydrogens is 257 g/mol. The van der Waals surface area contributed by atoms with E-state index in [1.54, 1.807) is 0 Å². The fraction of sp³-hybridized carbons (Fsp3) is 0.200. The number of hydrazine groups is 1. The lowest BCUT2D eigenvalue weighted by atomic mass is 10.2. The van der Waals surface area contributed by atoms with Crippen molar-refractivity contribution in [1.29, 1.82) is 0 Å². The third-order valence-electron chi connectivity index (χ3n) is 2.49. The Bertz CT molecular complexity index is 546. The molecule has 0 unspecified atom stereocenters. The second-order valence-corrected chi connectivity index (χ2v) is 3.80. The van der Waals surface area contributed by atoms with Gasteiger partial charge in [-0.1, -0.05) is 0 Å². The number of imide groups is 1. The zero-order valence-electron chi connectivity index (χ0n) is 9.64. The predicted molar refractivity (Wildman–Crippen MR) is 61.1 cm³/mol. The number of piperazine rings is 1. The Balaban J connectivity index is 2.29. The van der Waals surface area contributed by atoms with E-state index in [0.717, 1.165) is 11.0 Å². The van der Waals surface area contributed by atoms with Gasteiger partial charge in [-0.05, 0) is 6.07 Å². The van der Waals surface area contributed by atoms with Gasteiger partial charge in [0.15, 0.2) is 11.6 Å². The molecule has 0 spiro atoms. The molecule has 1 aliphatic rings. The van der Waals surface area contributed by atoms with Crippen molar-refractivity contribution in [3.63, 3.8) is 0 Å². The van der Waals surface area contributed by atoms with Gasteiger partial charge in [0.25, 0.3) is 5.91 Å². The maximum absolute atomic E-state index is 13.8. The molecule has 1 aliphatic heterocycles. The molecule has 3 amide bonds. The van der Waals surface area contributed by atoms with E-state index in [1.807, 2.05) is 10.7 Å². The van der Waals surface area contributed by atoms with Crippen LogP contribution < -0.4 is 16.6 Å². The second kappa shape index (κ2) is 4.98. The number of halogens is 1. The summed E-state index contributed by atoms with van der Waals surface area (Å²) in [5, 5.41) is 2.04. The normalized spacial score (nSPS) is 15.2. The van der Waals surface area contributed by atoms with E-state index in [1.165, 1.54) is 6.20 Å². The van der Waals surface area contributed by atoms with Gasteiger partial charge in [-0.3, -0.25) is 19.7 Å². The number of carbonyl (C=O) groups is 3. The molecule has 1 aromatic rings. The minimum absolute atomic E-state index is 0.293. The zero-order chi connectivity index (χ0) is 14.0. The van der Waals surface area contributed by atoms with Gasteiger partial charge in [-0.25, -0.2) is 15.2 Å². The van der Waals surface area contributed by atoms with Crippen LogP contribution in [0.2, 0.25) is 0 Å². The van der Waals surface area contributed by atoms with Gasteiger partial charge in [-0.2, -0.15) is 0 Å². The SMILES string of the molecule is NNc1nccc(C(=O)N2CC(=O)NC(=O)C2)c1F. The molecule has 0 atom stereocenters. The molecule has 8 nitrogen and oxygen atoms in total. The molecule has 0 saturated carbocycles. The van der Waals surface area contributed by atoms with Crippen LogP contribution in [0.25, 0.3) is 0 Å². The number of amides is 3. The summed E-state index contributed by atoms with van der Waals surface area (Å²) in [5.74, 6) is 1.81. The van der Waals surface area contributed by atoms with Crippen LogP contribution >= 0.6 is 0 Å². The number of hydrogen-bond acceptors (Lipinski definition) is 6. The van der Waals surface area contributed by atoms with Crippen molar-refractivity contribution < 1.29 is 18.8 Å². The Morgan fingerprint density at radius 3 is 2.63 bits per heavy atom. The molecule has 0 radical (unpaired) electrons. The largest absolute Gasteiger partial charge is 0.320 e. The summed E-state index contributed by atoms with van der Waals surface area (Å²) in [6.07, 6.45) is 1.19. The first-order valence-electron chi connectivity index (χ1n) is 5.26. The summed E-state index contributed by atoms with van der Waals surface area (Å²) in [5.41, 5.74) is 1.69. The third kappa shape index (κ3) is 2.50. The number of hydrogen-bond donors (Lipinski definition) is 3. The number of rotatable bonds is 2. The van der Waals surface area contributed by atoms with Crippen molar-refractivity contribution in [3.05, 3.63) is 23.6 Å². The molecule has 1 fully saturated rings. The van der Waals surface area contributed by atoms with Crippen molar-refractivity contribution in [2.45, 2.75) is 0 Å². The van der Waals surface area contributed by atoms with Gasteiger partial charge in [0.1, 0.15) is 13.1 Å². The molecule has 1 aromatic heterocycles. The van der Waals surface area contributed by atoms with Crippen molar-refractivity contribution in [2.24, 2.45) is 5.84 Å². The zero-order valence-corrected chi connectivity index (χ0v) is 9.64. The number of carbonyl (C=O) groups excluding carboxylic acids is 3. The molecule has 0 bridgehead atoms. The highest BCUT2D eigenvalue weighted by molar-refractivity contribution is 6.05. The Kier molecular flexibility index (Phi) is 3.38. The lowest BCUT2D eigenvalue weighted by molar-refractivity contribution is -0.135. The highest BCUT2D eigenvalue weighted by atomic mass is 19.1. The minimum atomic E-state index is -0.937. The van der Waals surface area contributed by atoms with E-state index < -0.39 is 23.5 Å². The van der Waals surface area contributed by atoms with E-state index in [2.05, 4.69) is 4.98 Å². The molecule has 4 N–H and O–H groups in total. The Morgan fingerprint density at radius 2 is 2.05 bits per heavy atom. The van der Waals surface area contributed by atoms with E-state index in [0.29, 0.717) is 0 Å². The Labute approximate surface area is 106 Å². The quantitative estimate of drug-likeness (QED) is 0.345. The fourth-order valence-electron chi connectivity index (χ4n) is 1.66. The smallest absolute Gasteiger partial charge is 0.257 e. The van der Waals surface area contributed by atoms with E-state index in [-0.39, 0.29) is 24.5 Å². The van der Waals surface area contributed by atoms with Crippen LogP contribution in [0, 0.1) is 5.82 Å². The first-order valence-corrected chi connectivity index (χ1v) is 5.26. The maximum atomic E-state index is 13.8. The van der Waals surface area contributed by atoms with Crippen LogP contribution in [-0.2, 0) is 9.59 Å². The van der Waals surface area contributed by atoms with Gasteiger partial charge in [0.05, 0.1) is 5.56 Å². The maximum Gasteiger partial charge on any atom is 0.257 e. The number of nitrogens with zero attached hydrogens (tertiary/aromatic N) is 2. The van der Waals surface area contributed by atoms with Crippen molar-refractivity contribution in [1.82, 2.24) is 15.2 Å². The van der Waals surface area contributed by atoms with Crippen molar-refractivity contribution >= 4 is 23.5 Å². The first-order chi connectivity index (χ1) is 9.02. The fourth-order valence-corrected chi connectivity index (χ4v) is 1.66. The first kappa shape index (κ1) is 12.9. The summed E-state index contributed by atoms with van der Waals surface area (Å²) in [6, 6.07) is 1.15. The predicted octanol–water partition coefficient (Wildman–Crippen LogP) is -1.40. The lowest BCUT2D eigenvalue weighted by Gasteiger charge is -2.25. The molecular formula is C10H10FN5O3. The van der Waals surface area contributed by atoms with Gasteiger partial charge >= 0.3 is 0 Å². The second-order valence-electron chi connectivity index (χ2n) is 3.80. The van der Waals surface area contributed by atoms with E-state index >= 15 is 0 Å². The molecule has 2 heterocycles. The average Bonchev–Trinajstić information content (AvgIpc) is 2.37. The molecule has 0 aromatic carbocycles. The van der Waals surface area contributed by atoms with Crippen LogP contribution in [0.4, 0.5) is 10.2 Å². The summed E-state index contributed by atoms with van der Waals surface area (Å²) in [4.78, 5) is 38.9. The number of aromatic nitrogens is 1. The van der Waals surface area contributed by atoms with Crippen LogP contribution in [0.5, 0.6) is 0 Å². The number of nitrogens with two attached hydrogens (primary N) is 1. The van der Waals surface area contributed by atoms with Crippen LogP contribution in [-0.4, -0.2) is 40.7 Å². The highest BCUT2D eigenvalue weighted by Crippen LogP contribution is 2.16. The van der Waals surface area contributed by atoms with Crippen LogP contribution in [0.1, 0.15) is 10.4 Å².